The number of pyridine rings is 1. The van der Waals surface area contributed by atoms with E-state index in [2.05, 4.69) is 10.3 Å². The van der Waals surface area contributed by atoms with Gasteiger partial charge in [0.05, 0.1) is 5.75 Å². The van der Waals surface area contributed by atoms with Crippen molar-refractivity contribution in [3.8, 4) is 0 Å². The maximum Gasteiger partial charge on any atom is 0.230 e. The molecule has 15 heavy (non-hydrogen) atoms. The Morgan fingerprint density at radius 2 is 2.20 bits per heavy atom. The molecular weight excluding hydrogens is 210 g/mol. The summed E-state index contributed by atoms with van der Waals surface area (Å²) in [5, 5.41) is 2.83. The van der Waals surface area contributed by atoms with Crippen molar-refractivity contribution in [3.63, 3.8) is 0 Å². The van der Waals surface area contributed by atoms with E-state index in [1.54, 1.807) is 24.2 Å². The number of nitrogens with two attached hydrogens (primary N) is 1. The molecule has 0 fully saturated rings. The lowest BCUT2D eigenvalue weighted by Crippen LogP contribution is -2.25. The van der Waals surface area contributed by atoms with E-state index in [-0.39, 0.29) is 5.91 Å². The fraction of sp³-hybridized carbons (Fsp3) is 0.400. The average Bonchev–Trinajstić information content (AvgIpc) is 2.28. The Bertz CT molecular complexity index is 292. The van der Waals surface area contributed by atoms with E-state index in [0.717, 1.165) is 11.3 Å². The topological polar surface area (TPSA) is 68.0 Å². The van der Waals surface area contributed by atoms with Crippen LogP contribution in [0.3, 0.4) is 0 Å². The zero-order valence-electron chi connectivity index (χ0n) is 8.48. The van der Waals surface area contributed by atoms with Crippen molar-refractivity contribution in [2.45, 2.75) is 6.54 Å². The summed E-state index contributed by atoms with van der Waals surface area (Å²) in [5.41, 5.74) is 6.38. The molecule has 3 N–H and O–H groups in total. The standard InChI is InChI=1S/C10H15N3OS/c11-3-6-15-8-10(14)13-7-9-1-4-12-5-2-9/h1-2,4-5H,3,6-8,11H2,(H,13,14). The van der Waals surface area contributed by atoms with Crippen molar-refractivity contribution in [1.29, 1.82) is 0 Å². The van der Waals surface area contributed by atoms with Crippen LogP contribution in [0.1, 0.15) is 5.56 Å². The number of rotatable bonds is 6. The Labute approximate surface area is 93.7 Å². The Kier molecular flexibility index (Phi) is 5.80. The maximum atomic E-state index is 11.3. The highest BCUT2D eigenvalue weighted by molar-refractivity contribution is 7.99. The molecule has 0 bridgehead atoms. The third kappa shape index (κ3) is 5.39. The van der Waals surface area contributed by atoms with Gasteiger partial charge in [-0.2, -0.15) is 11.8 Å². The molecule has 1 aromatic heterocycles. The van der Waals surface area contributed by atoms with Gasteiger partial charge in [0.1, 0.15) is 0 Å². The first-order valence-electron chi connectivity index (χ1n) is 4.76. The van der Waals surface area contributed by atoms with Gasteiger partial charge in [-0.1, -0.05) is 0 Å². The number of carbonyl (C=O) groups is 1. The first-order chi connectivity index (χ1) is 7.33. The molecule has 4 nitrogen and oxygen atoms in total. The molecule has 0 unspecified atom stereocenters. The summed E-state index contributed by atoms with van der Waals surface area (Å²) in [6.07, 6.45) is 3.43. The zero-order chi connectivity index (χ0) is 10.9. The van der Waals surface area contributed by atoms with Crippen LogP contribution in [-0.4, -0.2) is 28.9 Å². The highest BCUT2D eigenvalue weighted by Crippen LogP contribution is 1.98. The smallest absolute Gasteiger partial charge is 0.230 e. The van der Waals surface area contributed by atoms with Crippen LogP contribution >= 0.6 is 11.8 Å². The largest absolute Gasteiger partial charge is 0.351 e. The molecule has 0 spiro atoms. The van der Waals surface area contributed by atoms with Gasteiger partial charge in [-0.05, 0) is 17.7 Å². The molecule has 0 saturated heterocycles. The van der Waals surface area contributed by atoms with Crippen molar-refractivity contribution in [2.24, 2.45) is 5.73 Å². The molecule has 0 radical (unpaired) electrons. The predicted molar refractivity (Wildman–Crippen MR) is 62.5 cm³/mol. The first kappa shape index (κ1) is 12.0. The lowest BCUT2D eigenvalue weighted by molar-refractivity contribution is -0.118. The van der Waals surface area contributed by atoms with E-state index >= 15 is 0 Å². The van der Waals surface area contributed by atoms with Crippen LogP contribution in [0.4, 0.5) is 0 Å². The number of aromatic nitrogens is 1. The SMILES string of the molecule is NCCSCC(=O)NCc1ccncc1. The number of hydrogen-bond donors (Lipinski definition) is 2. The molecular formula is C10H15N3OS. The second-order valence-corrected chi connectivity index (χ2v) is 4.08. The van der Waals surface area contributed by atoms with Crippen LogP contribution in [-0.2, 0) is 11.3 Å². The molecule has 1 heterocycles. The molecule has 0 aromatic carbocycles. The van der Waals surface area contributed by atoms with Gasteiger partial charge in [0.15, 0.2) is 0 Å². The fourth-order valence-corrected chi connectivity index (χ4v) is 1.60. The van der Waals surface area contributed by atoms with Gasteiger partial charge in [0.2, 0.25) is 5.91 Å². The summed E-state index contributed by atoms with van der Waals surface area (Å²) in [4.78, 5) is 15.2. The predicted octanol–water partition coefficient (Wildman–Crippen LogP) is 0.390. The Hall–Kier alpha value is -1.07. The van der Waals surface area contributed by atoms with Gasteiger partial charge < -0.3 is 11.1 Å². The van der Waals surface area contributed by atoms with Gasteiger partial charge in [0, 0.05) is 31.2 Å². The molecule has 0 atom stereocenters. The summed E-state index contributed by atoms with van der Waals surface area (Å²) >= 11 is 1.55. The number of nitrogens with one attached hydrogen (secondary N) is 1. The van der Waals surface area contributed by atoms with Crippen molar-refractivity contribution in [2.75, 3.05) is 18.1 Å². The monoisotopic (exact) mass is 225 g/mol. The number of carbonyl (C=O) groups excluding carboxylic acids is 1. The van der Waals surface area contributed by atoms with E-state index in [0.29, 0.717) is 18.8 Å². The van der Waals surface area contributed by atoms with Crippen LogP contribution in [0.5, 0.6) is 0 Å². The van der Waals surface area contributed by atoms with E-state index < -0.39 is 0 Å². The highest BCUT2D eigenvalue weighted by Gasteiger charge is 2.00. The van der Waals surface area contributed by atoms with Gasteiger partial charge in [-0.3, -0.25) is 9.78 Å². The molecule has 0 aliphatic rings. The molecule has 1 aromatic rings. The Morgan fingerprint density at radius 3 is 2.87 bits per heavy atom. The minimum Gasteiger partial charge on any atom is -0.351 e. The van der Waals surface area contributed by atoms with Crippen molar-refractivity contribution in [3.05, 3.63) is 30.1 Å². The quantitative estimate of drug-likeness (QED) is 0.687. The fourth-order valence-electron chi connectivity index (χ4n) is 1.00. The molecule has 82 valence electrons. The summed E-state index contributed by atoms with van der Waals surface area (Å²) < 4.78 is 0. The maximum absolute atomic E-state index is 11.3. The van der Waals surface area contributed by atoms with E-state index in [1.165, 1.54) is 0 Å². The lowest BCUT2D eigenvalue weighted by atomic mass is 10.3. The summed E-state index contributed by atoms with van der Waals surface area (Å²) in [6, 6.07) is 3.76. The zero-order valence-corrected chi connectivity index (χ0v) is 9.30. The third-order valence-corrected chi connectivity index (χ3v) is 2.73. The number of nitrogens with zero attached hydrogens (tertiary/aromatic N) is 1. The van der Waals surface area contributed by atoms with Crippen LogP contribution in [0.25, 0.3) is 0 Å². The normalized spacial score (nSPS) is 9.93. The third-order valence-electron chi connectivity index (χ3n) is 1.73. The second kappa shape index (κ2) is 7.25. The van der Waals surface area contributed by atoms with Crippen LogP contribution in [0.15, 0.2) is 24.5 Å². The number of hydrogen-bond acceptors (Lipinski definition) is 4. The Morgan fingerprint density at radius 1 is 1.47 bits per heavy atom. The molecule has 1 rings (SSSR count). The van der Waals surface area contributed by atoms with E-state index in [1.807, 2.05) is 12.1 Å². The lowest BCUT2D eigenvalue weighted by Gasteiger charge is -2.04. The van der Waals surface area contributed by atoms with E-state index in [4.69, 9.17) is 5.73 Å². The van der Waals surface area contributed by atoms with Crippen molar-refractivity contribution in [1.82, 2.24) is 10.3 Å². The minimum absolute atomic E-state index is 0.0465. The van der Waals surface area contributed by atoms with Gasteiger partial charge >= 0.3 is 0 Å². The summed E-state index contributed by atoms with van der Waals surface area (Å²) in [6.45, 7) is 1.17. The number of thioether (sulfide) groups is 1. The average molecular weight is 225 g/mol. The first-order valence-corrected chi connectivity index (χ1v) is 5.92. The van der Waals surface area contributed by atoms with Crippen molar-refractivity contribution < 1.29 is 4.79 Å². The van der Waals surface area contributed by atoms with Gasteiger partial charge in [0.25, 0.3) is 0 Å². The summed E-state index contributed by atoms with van der Waals surface area (Å²) in [5.74, 6) is 1.34. The number of amides is 1. The van der Waals surface area contributed by atoms with Crippen molar-refractivity contribution >= 4 is 17.7 Å². The Balaban J connectivity index is 2.17. The molecule has 0 aliphatic heterocycles. The molecule has 0 aliphatic carbocycles. The van der Waals surface area contributed by atoms with E-state index in [9.17, 15) is 4.79 Å². The van der Waals surface area contributed by atoms with Crippen LogP contribution in [0, 0.1) is 0 Å². The minimum atomic E-state index is 0.0465. The molecule has 0 saturated carbocycles. The molecule has 5 heteroatoms. The van der Waals surface area contributed by atoms with Crippen LogP contribution < -0.4 is 11.1 Å². The van der Waals surface area contributed by atoms with Crippen LogP contribution in [0.2, 0.25) is 0 Å². The summed E-state index contributed by atoms with van der Waals surface area (Å²) in [7, 11) is 0. The van der Waals surface area contributed by atoms with Gasteiger partial charge in [-0.15, -0.1) is 0 Å². The highest BCUT2D eigenvalue weighted by atomic mass is 32.2. The van der Waals surface area contributed by atoms with Gasteiger partial charge in [-0.25, -0.2) is 0 Å². The molecule has 1 amide bonds. The second-order valence-electron chi connectivity index (χ2n) is 2.97.